The van der Waals surface area contributed by atoms with Gasteiger partial charge in [-0.25, -0.2) is 0 Å². The van der Waals surface area contributed by atoms with Crippen molar-refractivity contribution in [3.8, 4) is 23.1 Å². The Morgan fingerprint density at radius 3 is 2.42 bits per heavy atom. The van der Waals surface area contributed by atoms with Gasteiger partial charge in [-0.3, -0.25) is 0 Å². The Hall–Kier alpha value is -3.15. The summed E-state index contributed by atoms with van der Waals surface area (Å²) in [5.41, 5.74) is 2.02. The summed E-state index contributed by atoms with van der Waals surface area (Å²) < 4.78 is 5.16. The van der Waals surface area contributed by atoms with Crippen LogP contribution in [0.2, 0.25) is 0 Å². The highest BCUT2D eigenvalue weighted by atomic mass is 16.5. The number of aromatic nitrogens is 3. The first kappa shape index (κ1) is 15.7. The second kappa shape index (κ2) is 7.41. The number of hydrogen-bond donors (Lipinski definition) is 2. The zero-order chi connectivity index (χ0) is 16.8. The van der Waals surface area contributed by atoms with E-state index in [1.807, 2.05) is 42.5 Å². The van der Waals surface area contributed by atoms with Crippen LogP contribution in [0, 0.1) is 0 Å². The van der Waals surface area contributed by atoms with Crippen LogP contribution in [0.5, 0.6) is 11.8 Å². The monoisotopic (exact) mass is 322 g/mol. The Morgan fingerprint density at radius 1 is 0.958 bits per heavy atom. The van der Waals surface area contributed by atoms with Crippen LogP contribution in [0.25, 0.3) is 11.4 Å². The molecule has 0 fully saturated rings. The number of hydrogen-bond acceptors (Lipinski definition) is 6. The lowest BCUT2D eigenvalue weighted by molar-refractivity contribution is 0.379. The predicted octanol–water partition coefficient (Wildman–Crippen LogP) is 2.91. The number of aromatic hydroxyl groups is 1. The summed E-state index contributed by atoms with van der Waals surface area (Å²) in [7, 11) is 1.53. The lowest BCUT2D eigenvalue weighted by Gasteiger charge is -2.08. The fraction of sp³-hybridized carbons (Fsp3) is 0.167. The van der Waals surface area contributed by atoms with Gasteiger partial charge in [0.1, 0.15) is 5.75 Å². The molecule has 122 valence electrons. The van der Waals surface area contributed by atoms with Crippen molar-refractivity contribution in [1.82, 2.24) is 15.0 Å². The molecule has 0 unspecified atom stereocenters. The number of benzene rings is 2. The Morgan fingerprint density at radius 2 is 1.71 bits per heavy atom. The molecule has 0 bridgehead atoms. The van der Waals surface area contributed by atoms with E-state index in [0.29, 0.717) is 18.3 Å². The van der Waals surface area contributed by atoms with Gasteiger partial charge < -0.3 is 15.2 Å². The first-order chi connectivity index (χ1) is 11.7. The first-order valence-electron chi connectivity index (χ1n) is 7.62. The van der Waals surface area contributed by atoms with Gasteiger partial charge in [-0.2, -0.15) is 15.0 Å². The SMILES string of the molecule is COc1nc(NCCc2ccc(O)cc2)nc(-c2ccccc2)n1. The standard InChI is InChI=1S/C18H18N4O2/c1-24-18-21-16(14-5-3-2-4-6-14)20-17(22-18)19-12-11-13-7-9-15(23)10-8-13/h2-10,23H,11-12H2,1H3,(H,19,20,21,22). The Labute approximate surface area is 140 Å². The van der Waals surface area contributed by atoms with Gasteiger partial charge >= 0.3 is 6.01 Å². The van der Waals surface area contributed by atoms with E-state index in [0.717, 1.165) is 17.5 Å². The fourth-order valence-corrected chi connectivity index (χ4v) is 2.22. The number of anilines is 1. The van der Waals surface area contributed by atoms with E-state index in [4.69, 9.17) is 4.74 Å². The number of rotatable bonds is 6. The zero-order valence-corrected chi connectivity index (χ0v) is 13.3. The fourth-order valence-electron chi connectivity index (χ4n) is 2.22. The molecular formula is C18H18N4O2. The largest absolute Gasteiger partial charge is 0.508 e. The molecule has 0 saturated heterocycles. The lowest BCUT2D eigenvalue weighted by Crippen LogP contribution is -2.10. The second-order valence-electron chi connectivity index (χ2n) is 5.18. The third-order valence-electron chi connectivity index (χ3n) is 3.46. The van der Waals surface area contributed by atoms with Gasteiger partial charge in [0.25, 0.3) is 0 Å². The minimum Gasteiger partial charge on any atom is -0.508 e. The van der Waals surface area contributed by atoms with Gasteiger partial charge in [0, 0.05) is 12.1 Å². The van der Waals surface area contributed by atoms with E-state index < -0.39 is 0 Å². The number of phenols is 1. The number of phenolic OH excluding ortho intramolecular Hbond substituents is 1. The lowest BCUT2D eigenvalue weighted by atomic mass is 10.1. The van der Waals surface area contributed by atoms with Crippen molar-refractivity contribution in [3.63, 3.8) is 0 Å². The quantitative estimate of drug-likeness (QED) is 0.726. The number of nitrogens with one attached hydrogen (secondary N) is 1. The van der Waals surface area contributed by atoms with Gasteiger partial charge in [0.2, 0.25) is 5.95 Å². The molecule has 1 aromatic heterocycles. The van der Waals surface area contributed by atoms with Crippen LogP contribution in [-0.2, 0) is 6.42 Å². The Bertz CT molecular complexity index is 792. The maximum absolute atomic E-state index is 9.30. The second-order valence-corrected chi connectivity index (χ2v) is 5.18. The first-order valence-corrected chi connectivity index (χ1v) is 7.62. The molecule has 0 spiro atoms. The van der Waals surface area contributed by atoms with Crippen LogP contribution in [-0.4, -0.2) is 33.7 Å². The highest BCUT2D eigenvalue weighted by molar-refractivity contribution is 5.56. The molecule has 3 rings (SSSR count). The zero-order valence-electron chi connectivity index (χ0n) is 13.3. The van der Waals surface area contributed by atoms with E-state index >= 15 is 0 Å². The number of nitrogens with zero attached hydrogens (tertiary/aromatic N) is 3. The molecule has 1 heterocycles. The molecule has 0 aliphatic heterocycles. The van der Waals surface area contributed by atoms with E-state index in [2.05, 4.69) is 20.3 Å². The van der Waals surface area contributed by atoms with Crippen LogP contribution in [0.3, 0.4) is 0 Å². The van der Waals surface area contributed by atoms with Crippen molar-refractivity contribution in [2.75, 3.05) is 19.0 Å². The Balaban J connectivity index is 1.72. The minimum atomic E-state index is 0.265. The maximum atomic E-state index is 9.30. The average molecular weight is 322 g/mol. The van der Waals surface area contributed by atoms with Gasteiger partial charge in [-0.15, -0.1) is 0 Å². The van der Waals surface area contributed by atoms with E-state index in [1.54, 1.807) is 12.1 Å². The predicted molar refractivity (Wildman–Crippen MR) is 92.1 cm³/mol. The summed E-state index contributed by atoms with van der Waals surface area (Å²) in [4.78, 5) is 13.0. The summed E-state index contributed by atoms with van der Waals surface area (Å²) in [6.45, 7) is 0.659. The van der Waals surface area contributed by atoms with E-state index in [1.165, 1.54) is 7.11 Å². The number of ether oxygens (including phenoxy) is 1. The van der Waals surface area contributed by atoms with Gasteiger partial charge in [-0.05, 0) is 24.1 Å². The van der Waals surface area contributed by atoms with Crippen LogP contribution >= 0.6 is 0 Å². The summed E-state index contributed by atoms with van der Waals surface area (Å²) in [5.74, 6) is 1.30. The molecule has 0 aliphatic carbocycles. The molecule has 0 amide bonds. The van der Waals surface area contributed by atoms with Crippen molar-refractivity contribution in [2.24, 2.45) is 0 Å². The molecule has 0 saturated carbocycles. The molecular weight excluding hydrogens is 304 g/mol. The van der Waals surface area contributed by atoms with Gasteiger partial charge in [0.05, 0.1) is 7.11 Å². The third-order valence-corrected chi connectivity index (χ3v) is 3.46. The minimum absolute atomic E-state index is 0.265. The molecule has 0 atom stereocenters. The van der Waals surface area contributed by atoms with Crippen molar-refractivity contribution in [3.05, 3.63) is 60.2 Å². The summed E-state index contributed by atoms with van der Waals surface area (Å²) in [5, 5.41) is 12.5. The molecule has 6 nitrogen and oxygen atoms in total. The third kappa shape index (κ3) is 3.98. The highest BCUT2D eigenvalue weighted by Gasteiger charge is 2.08. The van der Waals surface area contributed by atoms with E-state index in [9.17, 15) is 5.11 Å². The van der Waals surface area contributed by atoms with Crippen molar-refractivity contribution in [2.45, 2.75) is 6.42 Å². The average Bonchev–Trinajstić information content (AvgIpc) is 2.64. The summed E-state index contributed by atoms with van der Waals surface area (Å²) in [6.07, 6.45) is 0.787. The van der Waals surface area contributed by atoms with Crippen molar-refractivity contribution in [1.29, 1.82) is 0 Å². The highest BCUT2D eigenvalue weighted by Crippen LogP contribution is 2.18. The van der Waals surface area contributed by atoms with Crippen LogP contribution in [0.4, 0.5) is 5.95 Å². The smallest absolute Gasteiger partial charge is 0.321 e. The van der Waals surface area contributed by atoms with Crippen molar-refractivity contribution < 1.29 is 9.84 Å². The molecule has 0 aliphatic rings. The normalized spacial score (nSPS) is 10.4. The summed E-state index contributed by atoms with van der Waals surface area (Å²) in [6, 6.07) is 17.1. The molecule has 3 aromatic rings. The molecule has 0 radical (unpaired) electrons. The summed E-state index contributed by atoms with van der Waals surface area (Å²) >= 11 is 0. The van der Waals surface area contributed by atoms with Crippen LogP contribution in [0.1, 0.15) is 5.56 Å². The molecule has 24 heavy (non-hydrogen) atoms. The Kier molecular flexibility index (Phi) is 4.86. The van der Waals surface area contributed by atoms with Crippen molar-refractivity contribution >= 4 is 5.95 Å². The molecule has 6 heteroatoms. The molecule has 2 aromatic carbocycles. The van der Waals surface area contributed by atoms with Gasteiger partial charge in [0.15, 0.2) is 5.82 Å². The number of methoxy groups -OCH3 is 1. The van der Waals surface area contributed by atoms with E-state index in [-0.39, 0.29) is 11.8 Å². The van der Waals surface area contributed by atoms with Crippen LogP contribution in [0.15, 0.2) is 54.6 Å². The topological polar surface area (TPSA) is 80.2 Å². The molecule has 2 N–H and O–H groups in total. The maximum Gasteiger partial charge on any atom is 0.321 e. The van der Waals surface area contributed by atoms with Gasteiger partial charge in [-0.1, -0.05) is 42.5 Å². The van der Waals surface area contributed by atoms with Crippen LogP contribution < -0.4 is 10.1 Å².